The largest absolute Gasteiger partial charge is 0.388 e. The number of para-hydroxylation sites is 1. The van der Waals surface area contributed by atoms with Crippen molar-refractivity contribution in [2.45, 2.75) is 13.0 Å². The van der Waals surface area contributed by atoms with E-state index in [1.165, 1.54) is 17.4 Å². The number of aliphatic hydroxyl groups excluding tert-OH is 1. The molecule has 3 aromatic rings. The van der Waals surface area contributed by atoms with Gasteiger partial charge in [-0.2, -0.15) is 5.10 Å². The van der Waals surface area contributed by atoms with E-state index < -0.39 is 11.0 Å². The lowest BCUT2D eigenvalue weighted by Crippen LogP contribution is -1.97. The molecule has 0 aliphatic heterocycles. The van der Waals surface area contributed by atoms with Gasteiger partial charge in [-0.25, -0.2) is 4.68 Å². The van der Waals surface area contributed by atoms with Crippen molar-refractivity contribution < 1.29 is 10.0 Å². The number of aromatic nitrogens is 2. The minimum absolute atomic E-state index is 0.0419. The van der Waals surface area contributed by atoms with Crippen molar-refractivity contribution in [3.05, 3.63) is 51.5 Å². The van der Waals surface area contributed by atoms with Gasteiger partial charge in [0, 0.05) is 16.3 Å². The van der Waals surface area contributed by atoms with Crippen LogP contribution in [0.1, 0.15) is 17.9 Å². The zero-order valence-electron chi connectivity index (χ0n) is 10.6. The van der Waals surface area contributed by atoms with Crippen LogP contribution in [0.2, 0.25) is 0 Å². The Labute approximate surface area is 118 Å². The highest BCUT2D eigenvalue weighted by Gasteiger charge is 2.23. The van der Waals surface area contributed by atoms with E-state index >= 15 is 0 Å². The van der Waals surface area contributed by atoms with Crippen LogP contribution < -0.4 is 0 Å². The summed E-state index contributed by atoms with van der Waals surface area (Å²) in [5, 5.41) is 26.3. The first-order valence-electron chi connectivity index (χ1n) is 5.97. The van der Waals surface area contributed by atoms with Crippen molar-refractivity contribution >= 4 is 27.9 Å². The lowest BCUT2D eigenvalue weighted by atomic mass is 10.2. The third-order valence-corrected chi connectivity index (χ3v) is 4.26. The lowest BCUT2D eigenvalue weighted by molar-refractivity contribution is -0.384. The molecule has 0 amide bonds. The summed E-state index contributed by atoms with van der Waals surface area (Å²) in [6.45, 7) is 1.58. The molecule has 0 saturated carbocycles. The molecule has 20 heavy (non-hydrogen) atoms. The summed E-state index contributed by atoms with van der Waals surface area (Å²) < 4.78 is 1.55. The van der Waals surface area contributed by atoms with Crippen molar-refractivity contribution in [3.8, 4) is 5.00 Å². The number of benzene rings is 1. The van der Waals surface area contributed by atoms with Crippen molar-refractivity contribution in [2.75, 3.05) is 0 Å². The molecule has 7 heteroatoms. The molecule has 1 N–H and O–H groups in total. The summed E-state index contributed by atoms with van der Waals surface area (Å²) in [7, 11) is 0. The molecular weight excluding hydrogens is 278 g/mol. The Hall–Kier alpha value is -2.25. The van der Waals surface area contributed by atoms with Crippen LogP contribution in [0.3, 0.4) is 0 Å². The van der Waals surface area contributed by atoms with Crippen LogP contribution in [0.5, 0.6) is 0 Å². The molecule has 2 aromatic heterocycles. The minimum Gasteiger partial charge on any atom is -0.388 e. The first-order valence-corrected chi connectivity index (χ1v) is 6.79. The van der Waals surface area contributed by atoms with Crippen molar-refractivity contribution in [3.63, 3.8) is 0 Å². The van der Waals surface area contributed by atoms with Crippen LogP contribution in [0.4, 0.5) is 5.69 Å². The smallest absolute Gasteiger partial charge is 0.306 e. The predicted molar refractivity (Wildman–Crippen MR) is 76.2 cm³/mol. The third-order valence-electron chi connectivity index (χ3n) is 2.99. The van der Waals surface area contributed by atoms with E-state index in [0.717, 1.165) is 10.9 Å². The molecule has 0 bridgehead atoms. The van der Waals surface area contributed by atoms with Crippen molar-refractivity contribution in [1.82, 2.24) is 9.78 Å². The number of aliphatic hydroxyl groups is 1. The monoisotopic (exact) mass is 289 g/mol. The van der Waals surface area contributed by atoms with Crippen LogP contribution in [0, 0.1) is 10.1 Å². The first-order chi connectivity index (χ1) is 9.58. The van der Waals surface area contributed by atoms with E-state index in [2.05, 4.69) is 5.10 Å². The quantitative estimate of drug-likeness (QED) is 0.593. The van der Waals surface area contributed by atoms with Gasteiger partial charge in [0.05, 0.1) is 22.7 Å². The average Bonchev–Trinajstić information content (AvgIpc) is 3.02. The fourth-order valence-electron chi connectivity index (χ4n) is 2.01. The molecule has 0 fully saturated rings. The fourth-order valence-corrected chi connectivity index (χ4v) is 3.05. The molecule has 1 aromatic carbocycles. The van der Waals surface area contributed by atoms with Crippen molar-refractivity contribution in [2.24, 2.45) is 0 Å². The summed E-state index contributed by atoms with van der Waals surface area (Å²) >= 11 is 1.18. The molecule has 0 aliphatic carbocycles. The fraction of sp³-hybridized carbons (Fsp3) is 0.154. The van der Waals surface area contributed by atoms with Gasteiger partial charge in [0.15, 0.2) is 5.00 Å². The second-order valence-corrected chi connectivity index (χ2v) is 5.45. The molecule has 2 heterocycles. The summed E-state index contributed by atoms with van der Waals surface area (Å²) in [6.07, 6.45) is 0.926. The highest BCUT2D eigenvalue weighted by Crippen LogP contribution is 2.36. The predicted octanol–water partition coefficient (Wildman–Crippen LogP) is 3.05. The van der Waals surface area contributed by atoms with Crippen molar-refractivity contribution in [1.29, 1.82) is 0 Å². The van der Waals surface area contributed by atoms with Gasteiger partial charge in [0.2, 0.25) is 0 Å². The number of nitro groups is 1. The maximum Gasteiger partial charge on any atom is 0.306 e. The molecule has 1 atom stereocenters. The Morgan fingerprint density at radius 1 is 1.45 bits per heavy atom. The van der Waals surface area contributed by atoms with Gasteiger partial charge < -0.3 is 5.11 Å². The van der Waals surface area contributed by atoms with Crippen LogP contribution in [-0.2, 0) is 0 Å². The molecule has 0 unspecified atom stereocenters. The summed E-state index contributed by atoms with van der Waals surface area (Å²) in [5.74, 6) is 0. The molecule has 0 aliphatic rings. The van der Waals surface area contributed by atoms with Crippen LogP contribution in [0.25, 0.3) is 15.9 Å². The second kappa shape index (κ2) is 4.69. The topological polar surface area (TPSA) is 81.2 Å². The zero-order chi connectivity index (χ0) is 14.3. The van der Waals surface area contributed by atoms with Gasteiger partial charge in [-0.1, -0.05) is 18.2 Å². The molecule has 0 spiro atoms. The van der Waals surface area contributed by atoms with Crippen LogP contribution in [-0.4, -0.2) is 19.8 Å². The number of rotatable bonds is 3. The Bertz CT molecular complexity index is 791. The lowest BCUT2D eigenvalue weighted by Gasteiger charge is -2.00. The van der Waals surface area contributed by atoms with E-state index in [4.69, 9.17) is 0 Å². The molecule has 0 radical (unpaired) electrons. The molecular formula is C13H11N3O3S. The maximum atomic E-state index is 11.2. The summed E-state index contributed by atoms with van der Waals surface area (Å²) in [4.78, 5) is 11.3. The van der Waals surface area contributed by atoms with E-state index in [9.17, 15) is 15.2 Å². The van der Waals surface area contributed by atoms with E-state index in [-0.39, 0.29) is 5.69 Å². The Balaban J connectivity index is 2.25. The van der Waals surface area contributed by atoms with Gasteiger partial charge in [-0.05, 0) is 13.0 Å². The highest BCUT2D eigenvalue weighted by atomic mass is 32.1. The SMILES string of the molecule is C[C@H](O)c1cc([N+](=O)[O-])c(-n2ncc3ccccc32)s1. The summed E-state index contributed by atoms with van der Waals surface area (Å²) in [5.41, 5.74) is 0.759. The maximum absolute atomic E-state index is 11.2. The van der Waals surface area contributed by atoms with E-state index in [1.54, 1.807) is 17.8 Å². The third kappa shape index (κ3) is 1.97. The standard InChI is InChI=1S/C13H11N3O3S/c1-8(17)12-6-11(16(18)19)13(20-12)15-10-5-3-2-4-9(10)7-14-15/h2-8,17H,1H3/t8-/m0/s1. The van der Waals surface area contributed by atoms with E-state index in [0.29, 0.717) is 9.88 Å². The normalized spacial score (nSPS) is 12.7. The zero-order valence-corrected chi connectivity index (χ0v) is 11.4. The number of hydrogen-bond donors (Lipinski definition) is 1. The number of fused-ring (bicyclic) bond motifs is 1. The second-order valence-electron chi connectivity index (χ2n) is 4.39. The van der Waals surface area contributed by atoms with Gasteiger partial charge in [-0.3, -0.25) is 10.1 Å². The first kappa shape index (κ1) is 12.8. The van der Waals surface area contributed by atoms with Gasteiger partial charge >= 0.3 is 5.69 Å². The molecule has 3 rings (SSSR count). The number of thiophene rings is 1. The summed E-state index contributed by atoms with van der Waals surface area (Å²) in [6, 6.07) is 8.90. The highest BCUT2D eigenvalue weighted by molar-refractivity contribution is 7.15. The van der Waals surface area contributed by atoms with Gasteiger partial charge in [-0.15, -0.1) is 11.3 Å². The van der Waals surface area contributed by atoms with Crippen LogP contribution in [0.15, 0.2) is 36.5 Å². The molecule has 0 saturated heterocycles. The Kier molecular flexibility index (Phi) is 3.00. The molecule has 6 nitrogen and oxygen atoms in total. The minimum atomic E-state index is -0.741. The molecule has 102 valence electrons. The Morgan fingerprint density at radius 3 is 2.90 bits per heavy atom. The number of nitrogens with zero attached hydrogens (tertiary/aromatic N) is 3. The van der Waals surface area contributed by atoms with Gasteiger partial charge in [0.1, 0.15) is 0 Å². The van der Waals surface area contributed by atoms with E-state index in [1.807, 2.05) is 24.3 Å². The van der Waals surface area contributed by atoms with Gasteiger partial charge in [0.25, 0.3) is 0 Å². The average molecular weight is 289 g/mol. The number of hydrogen-bond acceptors (Lipinski definition) is 5. The Morgan fingerprint density at radius 2 is 2.20 bits per heavy atom. The van der Waals surface area contributed by atoms with Crippen LogP contribution >= 0.6 is 11.3 Å².